The highest BCUT2D eigenvalue weighted by Gasteiger charge is 2.55. The summed E-state index contributed by atoms with van der Waals surface area (Å²) in [4.78, 5) is 13.1. The van der Waals surface area contributed by atoms with Gasteiger partial charge in [-0.1, -0.05) is 30.3 Å². The van der Waals surface area contributed by atoms with Crippen LogP contribution in [0.2, 0.25) is 0 Å². The third-order valence-electron chi connectivity index (χ3n) is 3.74. The molecule has 3 atom stereocenters. The maximum Gasteiger partial charge on any atom is 0.123 e. The fourth-order valence-corrected chi connectivity index (χ4v) is 2.83. The van der Waals surface area contributed by atoms with E-state index in [4.69, 9.17) is 0 Å². The summed E-state index contributed by atoms with van der Waals surface area (Å²) < 4.78 is 0. The second-order valence-electron chi connectivity index (χ2n) is 4.72. The monoisotopic (exact) mass is 201 g/mol. The van der Waals surface area contributed by atoms with Crippen LogP contribution in [0.4, 0.5) is 0 Å². The highest BCUT2D eigenvalue weighted by atomic mass is 16.1. The number of hydrogen-bond acceptors (Lipinski definition) is 2. The Balaban J connectivity index is 1.58. The van der Waals surface area contributed by atoms with Crippen LogP contribution in [0.3, 0.4) is 0 Å². The van der Waals surface area contributed by atoms with Crippen LogP contribution in [0.15, 0.2) is 30.3 Å². The van der Waals surface area contributed by atoms with Crippen molar-refractivity contribution in [2.45, 2.75) is 6.54 Å². The molecule has 1 aliphatic heterocycles. The molecule has 2 aliphatic rings. The lowest BCUT2D eigenvalue weighted by Gasteiger charge is -2.18. The molecule has 1 heterocycles. The summed E-state index contributed by atoms with van der Waals surface area (Å²) in [6.45, 7) is 3.27. The molecule has 1 aromatic carbocycles. The van der Waals surface area contributed by atoms with E-state index in [1.807, 2.05) is 6.07 Å². The van der Waals surface area contributed by atoms with E-state index in [1.165, 1.54) is 5.56 Å². The summed E-state index contributed by atoms with van der Waals surface area (Å²) in [7, 11) is 0. The van der Waals surface area contributed by atoms with E-state index in [0.29, 0.717) is 17.8 Å². The van der Waals surface area contributed by atoms with E-state index >= 15 is 0 Å². The smallest absolute Gasteiger partial charge is 0.123 e. The minimum atomic E-state index is 0.386. The average Bonchev–Trinajstić information content (AvgIpc) is 2.75. The van der Waals surface area contributed by atoms with Crippen molar-refractivity contribution in [3.8, 4) is 0 Å². The normalized spacial score (nSPS) is 33.7. The van der Waals surface area contributed by atoms with Gasteiger partial charge in [-0.2, -0.15) is 0 Å². The Morgan fingerprint density at radius 2 is 1.87 bits per heavy atom. The molecular weight excluding hydrogens is 186 g/mol. The van der Waals surface area contributed by atoms with Gasteiger partial charge in [0.15, 0.2) is 0 Å². The molecule has 0 N–H and O–H groups in total. The molecule has 1 saturated heterocycles. The number of nitrogens with zero attached hydrogens (tertiary/aromatic N) is 1. The van der Waals surface area contributed by atoms with Crippen molar-refractivity contribution >= 4 is 6.29 Å². The largest absolute Gasteiger partial charge is 0.303 e. The molecule has 1 aliphatic carbocycles. The Kier molecular flexibility index (Phi) is 2.10. The van der Waals surface area contributed by atoms with Crippen LogP contribution in [-0.2, 0) is 11.3 Å². The van der Waals surface area contributed by atoms with Crippen LogP contribution >= 0.6 is 0 Å². The summed E-state index contributed by atoms with van der Waals surface area (Å²) in [6, 6.07) is 10.6. The Morgan fingerprint density at radius 1 is 1.20 bits per heavy atom. The molecule has 1 saturated carbocycles. The van der Waals surface area contributed by atoms with Gasteiger partial charge >= 0.3 is 0 Å². The van der Waals surface area contributed by atoms with Gasteiger partial charge in [-0.05, 0) is 17.4 Å². The van der Waals surface area contributed by atoms with E-state index in [-0.39, 0.29) is 0 Å². The SMILES string of the molecule is O=CC1[C@H]2CN(Cc3ccccc3)C[C@@H]12. The summed E-state index contributed by atoms with van der Waals surface area (Å²) in [5.74, 6) is 1.73. The van der Waals surface area contributed by atoms with Gasteiger partial charge in [-0.25, -0.2) is 0 Å². The number of benzene rings is 1. The minimum Gasteiger partial charge on any atom is -0.303 e. The zero-order valence-corrected chi connectivity index (χ0v) is 8.67. The Hall–Kier alpha value is -1.15. The van der Waals surface area contributed by atoms with Crippen LogP contribution in [0, 0.1) is 17.8 Å². The molecule has 2 nitrogen and oxygen atoms in total. The molecule has 2 fully saturated rings. The van der Waals surface area contributed by atoms with Gasteiger partial charge in [0.1, 0.15) is 6.29 Å². The molecule has 2 heteroatoms. The number of likely N-dealkylation sites (tertiary alicyclic amines) is 1. The third kappa shape index (κ3) is 1.59. The quantitative estimate of drug-likeness (QED) is 0.692. The zero-order chi connectivity index (χ0) is 10.3. The van der Waals surface area contributed by atoms with E-state index in [0.717, 1.165) is 25.9 Å². The maximum atomic E-state index is 10.6. The molecule has 0 spiro atoms. The predicted molar refractivity (Wildman–Crippen MR) is 58.3 cm³/mol. The van der Waals surface area contributed by atoms with Gasteiger partial charge in [0.2, 0.25) is 0 Å². The van der Waals surface area contributed by atoms with E-state index in [9.17, 15) is 4.79 Å². The number of piperidine rings is 1. The molecule has 0 amide bonds. The molecular formula is C13H15NO. The van der Waals surface area contributed by atoms with Crippen LogP contribution in [0.5, 0.6) is 0 Å². The maximum absolute atomic E-state index is 10.6. The number of carbonyl (C=O) groups excluding carboxylic acids is 1. The van der Waals surface area contributed by atoms with E-state index < -0.39 is 0 Å². The summed E-state index contributed by atoms with van der Waals surface area (Å²) in [5, 5.41) is 0. The van der Waals surface area contributed by atoms with Crippen molar-refractivity contribution < 1.29 is 4.79 Å². The van der Waals surface area contributed by atoms with Crippen molar-refractivity contribution in [3.63, 3.8) is 0 Å². The number of rotatable bonds is 3. The van der Waals surface area contributed by atoms with Crippen molar-refractivity contribution in [2.24, 2.45) is 17.8 Å². The third-order valence-corrected chi connectivity index (χ3v) is 3.74. The Bertz CT molecular complexity index is 350. The first kappa shape index (κ1) is 9.10. The second kappa shape index (κ2) is 3.46. The van der Waals surface area contributed by atoms with Crippen molar-refractivity contribution in [2.75, 3.05) is 13.1 Å². The van der Waals surface area contributed by atoms with Crippen LogP contribution < -0.4 is 0 Å². The molecule has 0 aromatic heterocycles. The first-order valence-electron chi connectivity index (χ1n) is 5.60. The first-order chi connectivity index (χ1) is 7.38. The summed E-state index contributed by atoms with van der Waals surface area (Å²) in [6.07, 6.45) is 1.15. The molecule has 0 radical (unpaired) electrons. The average molecular weight is 201 g/mol. The molecule has 0 bridgehead atoms. The van der Waals surface area contributed by atoms with Crippen molar-refractivity contribution in [1.29, 1.82) is 0 Å². The highest BCUT2D eigenvalue weighted by molar-refractivity contribution is 5.60. The molecule has 1 unspecified atom stereocenters. The van der Waals surface area contributed by atoms with E-state index in [1.54, 1.807) is 0 Å². The van der Waals surface area contributed by atoms with Gasteiger partial charge in [0, 0.05) is 25.6 Å². The molecule has 15 heavy (non-hydrogen) atoms. The number of carbonyl (C=O) groups is 1. The van der Waals surface area contributed by atoms with Gasteiger partial charge in [-0.3, -0.25) is 4.90 Å². The van der Waals surface area contributed by atoms with Gasteiger partial charge in [-0.15, -0.1) is 0 Å². The highest BCUT2D eigenvalue weighted by Crippen LogP contribution is 2.50. The molecule has 78 valence electrons. The Morgan fingerprint density at radius 3 is 2.47 bits per heavy atom. The van der Waals surface area contributed by atoms with Crippen LogP contribution in [0.1, 0.15) is 5.56 Å². The van der Waals surface area contributed by atoms with Crippen LogP contribution in [0.25, 0.3) is 0 Å². The van der Waals surface area contributed by atoms with Gasteiger partial charge in [0.05, 0.1) is 0 Å². The minimum absolute atomic E-state index is 0.386. The lowest BCUT2D eigenvalue weighted by atomic mass is 10.2. The predicted octanol–water partition coefficient (Wildman–Crippen LogP) is 1.56. The number of hydrogen-bond donors (Lipinski definition) is 0. The fraction of sp³-hybridized carbons (Fsp3) is 0.462. The molecule has 1 aromatic rings. The topological polar surface area (TPSA) is 20.3 Å². The van der Waals surface area contributed by atoms with Gasteiger partial charge < -0.3 is 4.79 Å². The van der Waals surface area contributed by atoms with Crippen molar-refractivity contribution in [3.05, 3.63) is 35.9 Å². The van der Waals surface area contributed by atoms with Crippen molar-refractivity contribution in [1.82, 2.24) is 4.90 Å². The fourth-order valence-electron chi connectivity index (χ4n) is 2.83. The molecule has 3 rings (SSSR count). The number of fused-ring (bicyclic) bond motifs is 1. The Labute approximate surface area is 89.9 Å². The first-order valence-corrected chi connectivity index (χ1v) is 5.60. The lowest BCUT2D eigenvalue weighted by molar-refractivity contribution is -0.109. The standard InChI is InChI=1S/C13H15NO/c15-9-13-11-7-14(8-12(11)13)6-10-4-2-1-3-5-10/h1-5,9,11-13H,6-8H2/t11-,12+,13?. The lowest BCUT2D eigenvalue weighted by Crippen LogP contribution is -2.24. The second-order valence-corrected chi connectivity index (χ2v) is 4.72. The zero-order valence-electron chi connectivity index (χ0n) is 8.67. The van der Waals surface area contributed by atoms with E-state index in [2.05, 4.69) is 29.2 Å². The summed E-state index contributed by atoms with van der Waals surface area (Å²) >= 11 is 0. The number of aldehydes is 1. The summed E-state index contributed by atoms with van der Waals surface area (Å²) in [5.41, 5.74) is 1.38. The van der Waals surface area contributed by atoms with Gasteiger partial charge in [0.25, 0.3) is 0 Å². The van der Waals surface area contributed by atoms with Crippen LogP contribution in [-0.4, -0.2) is 24.3 Å².